The summed E-state index contributed by atoms with van der Waals surface area (Å²) in [6.07, 6.45) is 4.86. The molecule has 2 saturated heterocycles. The van der Waals surface area contributed by atoms with Crippen LogP contribution in [0.15, 0.2) is 12.2 Å². The van der Waals surface area contributed by atoms with Crippen LogP contribution in [0.4, 0.5) is 0 Å². The molecule has 2 rings (SSSR count). The van der Waals surface area contributed by atoms with Gasteiger partial charge in [-0.25, -0.2) is 0 Å². The number of hydrogen-bond donors (Lipinski definition) is 0. The van der Waals surface area contributed by atoms with Gasteiger partial charge in [-0.1, -0.05) is 6.08 Å². The predicted molar refractivity (Wildman–Crippen MR) is 66.9 cm³/mol. The first kappa shape index (κ1) is 13.1. The summed E-state index contributed by atoms with van der Waals surface area (Å²) in [6, 6.07) is 0. The van der Waals surface area contributed by atoms with Crippen molar-refractivity contribution in [2.75, 3.05) is 32.8 Å². The molecule has 2 heterocycles. The maximum Gasteiger partial charge on any atom is 0.251 e. The molecule has 2 fully saturated rings. The summed E-state index contributed by atoms with van der Waals surface area (Å²) in [7, 11) is 0. The lowest BCUT2D eigenvalue weighted by Gasteiger charge is -2.35. The Bertz CT molecular complexity index is 340. The van der Waals surface area contributed by atoms with Crippen molar-refractivity contribution in [1.82, 2.24) is 9.80 Å². The molecule has 0 N–H and O–H groups in total. The zero-order chi connectivity index (χ0) is 13.0. The van der Waals surface area contributed by atoms with Crippen molar-refractivity contribution in [2.45, 2.75) is 25.9 Å². The van der Waals surface area contributed by atoms with Gasteiger partial charge in [-0.05, 0) is 25.8 Å². The normalized spacial score (nSPS) is 24.8. The average Bonchev–Trinajstić information content (AvgIpc) is 2.92. The number of rotatable bonds is 2. The van der Waals surface area contributed by atoms with Crippen LogP contribution in [-0.4, -0.2) is 60.5 Å². The maximum atomic E-state index is 12.1. The topological polar surface area (TPSA) is 49.9 Å². The van der Waals surface area contributed by atoms with Gasteiger partial charge < -0.3 is 14.5 Å². The highest BCUT2D eigenvalue weighted by Gasteiger charge is 2.30. The van der Waals surface area contributed by atoms with Gasteiger partial charge >= 0.3 is 0 Å². The van der Waals surface area contributed by atoms with Crippen LogP contribution < -0.4 is 0 Å². The van der Waals surface area contributed by atoms with Gasteiger partial charge in [-0.2, -0.15) is 0 Å². The van der Waals surface area contributed by atoms with Crippen molar-refractivity contribution in [3.63, 3.8) is 0 Å². The smallest absolute Gasteiger partial charge is 0.251 e. The monoisotopic (exact) mass is 252 g/mol. The highest BCUT2D eigenvalue weighted by atomic mass is 16.5. The van der Waals surface area contributed by atoms with E-state index in [0.29, 0.717) is 32.8 Å². The molecular formula is C13H20N2O3. The summed E-state index contributed by atoms with van der Waals surface area (Å²) in [6.45, 7) is 4.97. The number of hydrogen-bond acceptors (Lipinski definition) is 3. The molecule has 0 spiro atoms. The zero-order valence-electron chi connectivity index (χ0n) is 10.8. The first-order valence-corrected chi connectivity index (χ1v) is 6.54. The second-order valence-electron chi connectivity index (χ2n) is 4.65. The molecule has 0 aliphatic carbocycles. The van der Waals surface area contributed by atoms with Crippen LogP contribution in [0.5, 0.6) is 0 Å². The third kappa shape index (κ3) is 2.90. The molecule has 1 atom stereocenters. The Labute approximate surface area is 107 Å². The van der Waals surface area contributed by atoms with Gasteiger partial charge in [0.05, 0.1) is 0 Å². The maximum absolute atomic E-state index is 12.1. The molecule has 5 heteroatoms. The van der Waals surface area contributed by atoms with Crippen LogP contribution >= 0.6 is 0 Å². The van der Waals surface area contributed by atoms with E-state index in [2.05, 4.69) is 0 Å². The summed E-state index contributed by atoms with van der Waals surface area (Å²) in [4.78, 5) is 27.3. The van der Waals surface area contributed by atoms with Crippen LogP contribution in [0.2, 0.25) is 0 Å². The van der Waals surface area contributed by atoms with Crippen molar-refractivity contribution in [3.8, 4) is 0 Å². The van der Waals surface area contributed by atoms with E-state index in [0.717, 1.165) is 12.8 Å². The second-order valence-corrected chi connectivity index (χ2v) is 4.65. The minimum Gasteiger partial charge on any atom is -0.368 e. The fraction of sp³-hybridized carbons (Fsp3) is 0.692. The Morgan fingerprint density at radius 1 is 1.17 bits per heavy atom. The number of carbonyl (C=O) groups is 2. The molecule has 2 amide bonds. The van der Waals surface area contributed by atoms with E-state index < -0.39 is 0 Å². The third-order valence-corrected chi connectivity index (χ3v) is 3.42. The molecule has 0 aromatic carbocycles. The molecule has 18 heavy (non-hydrogen) atoms. The van der Waals surface area contributed by atoms with E-state index in [-0.39, 0.29) is 17.9 Å². The lowest BCUT2D eigenvalue weighted by Crippen LogP contribution is -2.52. The summed E-state index contributed by atoms with van der Waals surface area (Å²) in [5, 5.41) is 0. The van der Waals surface area contributed by atoms with E-state index in [4.69, 9.17) is 4.74 Å². The largest absolute Gasteiger partial charge is 0.368 e. The van der Waals surface area contributed by atoms with E-state index in [1.165, 1.54) is 0 Å². The average molecular weight is 252 g/mol. The van der Waals surface area contributed by atoms with Crippen molar-refractivity contribution in [2.24, 2.45) is 0 Å². The lowest BCUT2D eigenvalue weighted by molar-refractivity contribution is -0.144. The van der Waals surface area contributed by atoms with Crippen LogP contribution in [0.1, 0.15) is 19.8 Å². The number of ether oxygens (including phenoxy) is 1. The standard InChI is InChI=1S/C13H20N2O3/c1-2-4-12(16)14-6-8-15(9-7-14)13(17)11-5-3-10-18-11/h2,4,11H,3,5-10H2,1H3. The number of allylic oxidation sites excluding steroid dienone is 1. The fourth-order valence-electron chi connectivity index (χ4n) is 2.37. The molecule has 0 saturated carbocycles. The van der Waals surface area contributed by atoms with Gasteiger partial charge in [-0.15, -0.1) is 0 Å². The van der Waals surface area contributed by atoms with Crippen molar-refractivity contribution in [3.05, 3.63) is 12.2 Å². The molecule has 2 aliphatic heterocycles. The molecule has 5 nitrogen and oxygen atoms in total. The zero-order valence-corrected chi connectivity index (χ0v) is 10.8. The summed E-state index contributed by atoms with van der Waals surface area (Å²) < 4.78 is 5.40. The highest BCUT2D eigenvalue weighted by Crippen LogP contribution is 2.16. The molecule has 0 radical (unpaired) electrons. The van der Waals surface area contributed by atoms with E-state index in [9.17, 15) is 9.59 Å². The SMILES string of the molecule is CC=CC(=O)N1CCN(C(=O)C2CCCO2)CC1. The van der Waals surface area contributed by atoms with Gasteiger partial charge in [0.25, 0.3) is 5.91 Å². The Morgan fingerprint density at radius 2 is 1.83 bits per heavy atom. The number of nitrogens with zero attached hydrogens (tertiary/aromatic N) is 2. The van der Waals surface area contributed by atoms with E-state index in [1.807, 2.05) is 11.8 Å². The Kier molecular flexibility index (Phi) is 4.36. The van der Waals surface area contributed by atoms with Crippen LogP contribution in [0.3, 0.4) is 0 Å². The van der Waals surface area contributed by atoms with E-state index in [1.54, 1.807) is 17.1 Å². The first-order chi connectivity index (χ1) is 8.72. The molecule has 100 valence electrons. The first-order valence-electron chi connectivity index (χ1n) is 6.54. The summed E-state index contributed by atoms with van der Waals surface area (Å²) in [5.41, 5.74) is 0. The number of amides is 2. The molecule has 0 aromatic rings. The van der Waals surface area contributed by atoms with Crippen LogP contribution in [-0.2, 0) is 14.3 Å². The summed E-state index contributed by atoms with van der Waals surface area (Å²) in [5.74, 6) is 0.118. The predicted octanol–water partition coefficient (Wildman–Crippen LogP) is 0.412. The van der Waals surface area contributed by atoms with Crippen LogP contribution in [0.25, 0.3) is 0 Å². The highest BCUT2D eigenvalue weighted by molar-refractivity contribution is 5.88. The van der Waals surface area contributed by atoms with Crippen molar-refractivity contribution in [1.29, 1.82) is 0 Å². The minimum absolute atomic E-state index is 0.0294. The number of carbonyl (C=O) groups excluding carboxylic acids is 2. The Morgan fingerprint density at radius 3 is 2.39 bits per heavy atom. The Hall–Kier alpha value is -1.36. The molecule has 1 unspecified atom stereocenters. The third-order valence-electron chi connectivity index (χ3n) is 3.42. The number of piperazine rings is 1. The lowest BCUT2D eigenvalue weighted by atomic mass is 10.2. The quantitative estimate of drug-likeness (QED) is 0.669. The van der Waals surface area contributed by atoms with Crippen molar-refractivity contribution >= 4 is 11.8 Å². The second kappa shape index (κ2) is 6.00. The minimum atomic E-state index is -0.247. The summed E-state index contributed by atoms with van der Waals surface area (Å²) >= 11 is 0. The van der Waals surface area contributed by atoms with E-state index >= 15 is 0 Å². The van der Waals surface area contributed by atoms with Crippen LogP contribution in [0, 0.1) is 0 Å². The molecule has 0 bridgehead atoms. The van der Waals surface area contributed by atoms with Crippen molar-refractivity contribution < 1.29 is 14.3 Å². The Balaban J connectivity index is 1.82. The molecule has 0 aromatic heterocycles. The molecule has 2 aliphatic rings. The van der Waals surface area contributed by atoms with Gasteiger partial charge in [0, 0.05) is 32.8 Å². The fourth-order valence-corrected chi connectivity index (χ4v) is 2.37. The molecular weight excluding hydrogens is 232 g/mol. The van der Waals surface area contributed by atoms with Gasteiger partial charge in [0.2, 0.25) is 5.91 Å². The van der Waals surface area contributed by atoms with Gasteiger partial charge in [-0.3, -0.25) is 9.59 Å². The van der Waals surface area contributed by atoms with Gasteiger partial charge in [0.1, 0.15) is 6.10 Å². The van der Waals surface area contributed by atoms with Gasteiger partial charge in [0.15, 0.2) is 0 Å².